The highest BCUT2D eigenvalue weighted by Gasteiger charge is 2.32. The van der Waals surface area contributed by atoms with Gasteiger partial charge in [0, 0.05) is 25.1 Å². The van der Waals surface area contributed by atoms with Crippen LogP contribution in [0.15, 0.2) is 10.6 Å². The van der Waals surface area contributed by atoms with Crippen LogP contribution in [-0.2, 0) is 4.74 Å². The molecule has 2 N–H and O–H groups in total. The van der Waals surface area contributed by atoms with Crippen LogP contribution in [-0.4, -0.2) is 44.4 Å². The Morgan fingerprint density at radius 2 is 2.25 bits per heavy atom. The molecule has 1 aliphatic rings. The molecule has 0 radical (unpaired) electrons. The number of piperidine rings is 1. The maximum absolute atomic E-state index is 12.0. The molecule has 0 aliphatic carbocycles. The van der Waals surface area contributed by atoms with Crippen LogP contribution >= 0.6 is 12.4 Å². The largest absolute Gasteiger partial charge is 0.384 e. The summed E-state index contributed by atoms with van der Waals surface area (Å²) in [6, 6.07) is 1.64. The number of halogens is 1. The van der Waals surface area contributed by atoms with Crippen LogP contribution in [0.5, 0.6) is 0 Å². The van der Waals surface area contributed by atoms with Crippen molar-refractivity contribution in [2.75, 3.05) is 33.4 Å². The first-order valence-electron chi connectivity index (χ1n) is 6.56. The lowest BCUT2D eigenvalue weighted by atomic mass is 9.79. The molecular weight excluding hydrogens is 282 g/mol. The fourth-order valence-corrected chi connectivity index (χ4v) is 2.47. The smallest absolute Gasteiger partial charge is 0.273 e. The van der Waals surface area contributed by atoms with Crippen molar-refractivity contribution in [2.45, 2.75) is 19.8 Å². The molecule has 1 aliphatic heterocycles. The van der Waals surface area contributed by atoms with E-state index >= 15 is 0 Å². The third-order valence-electron chi connectivity index (χ3n) is 3.60. The van der Waals surface area contributed by atoms with Crippen LogP contribution in [0.3, 0.4) is 0 Å². The Morgan fingerprint density at radius 1 is 1.55 bits per heavy atom. The molecular formula is C13H22ClN3O3. The van der Waals surface area contributed by atoms with E-state index in [9.17, 15) is 4.79 Å². The summed E-state index contributed by atoms with van der Waals surface area (Å²) in [6.45, 7) is 4.95. The lowest BCUT2D eigenvalue weighted by molar-refractivity contribution is 0.0510. The van der Waals surface area contributed by atoms with Gasteiger partial charge in [0.1, 0.15) is 5.76 Å². The molecule has 7 heteroatoms. The SMILES string of the molecule is COCC1(CNC(=O)c2cc(C)on2)CCNCC1.Cl. The number of aryl methyl sites for hydroxylation is 1. The van der Waals surface area contributed by atoms with Gasteiger partial charge in [0.2, 0.25) is 0 Å². The van der Waals surface area contributed by atoms with E-state index in [1.165, 1.54) is 0 Å². The van der Waals surface area contributed by atoms with Crippen LogP contribution in [0.25, 0.3) is 0 Å². The van der Waals surface area contributed by atoms with E-state index in [4.69, 9.17) is 9.26 Å². The van der Waals surface area contributed by atoms with E-state index in [1.807, 2.05) is 0 Å². The number of carbonyl (C=O) groups is 1. The second-order valence-corrected chi connectivity index (χ2v) is 5.19. The highest BCUT2D eigenvalue weighted by atomic mass is 35.5. The maximum atomic E-state index is 12.0. The van der Waals surface area contributed by atoms with Gasteiger partial charge in [0.15, 0.2) is 5.69 Å². The van der Waals surface area contributed by atoms with Crippen LogP contribution in [0.1, 0.15) is 29.1 Å². The summed E-state index contributed by atoms with van der Waals surface area (Å²) < 4.78 is 10.2. The second kappa shape index (κ2) is 7.61. The molecule has 0 spiro atoms. The molecule has 0 atom stereocenters. The Bertz CT molecular complexity index is 425. The number of ether oxygens (including phenoxy) is 1. The van der Waals surface area contributed by atoms with Crippen LogP contribution in [0.2, 0.25) is 0 Å². The molecule has 0 bridgehead atoms. The van der Waals surface area contributed by atoms with E-state index in [1.54, 1.807) is 20.1 Å². The minimum atomic E-state index is -0.189. The fraction of sp³-hybridized carbons (Fsp3) is 0.692. The molecule has 114 valence electrons. The van der Waals surface area contributed by atoms with Gasteiger partial charge in [-0.3, -0.25) is 4.79 Å². The molecule has 1 saturated heterocycles. The highest BCUT2D eigenvalue weighted by molar-refractivity contribution is 5.92. The van der Waals surface area contributed by atoms with E-state index in [2.05, 4.69) is 15.8 Å². The Morgan fingerprint density at radius 3 is 2.80 bits per heavy atom. The maximum Gasteiger partial charge on any atom is 0.273 e. The van der Waals surface area contributed by atoms with Crippen molar-refractivity contribution in [1.82, 2.24) is 15.8 Å². The lowest BCUT2D eigenvalue weighted by Gasteiger charge is -2.37. The predicted molar refractivity (Wildman–Crippen MR) is 77.2 cm³/mol. The number of nitrogens with zero attached hydrogens (tertiary/aromatic N) is 1. The summed E-state index contributed by atoms with van der Waals surface area (Å²) in [5.41, 5.74) is 0.355. The lowest BCUT2D eigenvalue weighted by Crippen LogP contribution is -2.47. The van der Waals surface area contributed by atoms with E-state index < -0.39 is 0 Å². The van der Waals surface area contributed by atoms with Gasteiger partial charge in [-0.1, -0.05) is 5.16 Å². The zero-order valence-electron chi connectivity index (χ0n) is 11.9. The zero-order chi connectivity index (χ0) is 13.7. The quantitative estimate of drug-likeness (QED) is 0.853. The molecule has 6 nitrogen and oxygen atoms in total. The summed E-state index contributed by atoms with van der Waals surface area (Å²) in [5, 5.41) is 9.98. The second-order valence-electron chi connectivity index (χ2n) is 5.19. The van der Waals surface area contributed by atoms with Crippen molar-refractivity contribution in [2.24, 2.45) is 5.41 Å². The van der Waals surface area contributed by atoms with Gasteiger partial charge < -0.3 is 19.9 Å². The predicted octanol–water partition coefficient (Wildman–Crippen LogP) is 1.15. The van der Waals surface area contributed by atoms with Gasteiger partial charge in [-0.25, -0.2) is 0 Å². The Balaban J connectivity index is 0.00000200. The first-order valence-corrected chi connectivity index (χ1v) is 6.56. The molecule has 1 aromatic heterocycles. The normalized spacial score (nSPS) is 17.3. The monoisotopic (exact) mass is 303 g/mol. The van der Waals surface area contributed by atoms with Gasteiger partial charge in [0.25, 0.3) is 5.91 Å². The van der Waals surface area contributed by atoms with Crippen molar-refractivity contribution >= 4 is 18.3 Å². The van der Waals surface area contributed by atoms with Crippen molar-refractivity contribution in [3.8, 4) is 0 Å². The summed E-state index contributed by atoms with van der Waals surface area (Å²) >= 11 is 0. The summed E-state index contributed by atoms with van der Waals surface area (Å²) in [7, 11) is 1.70. The summed E-state index contributed by atoms with van der Waals surface area (Å²) in [6.07, 6.45) is 2.00. The minimum Gasteiger partial charge on any atom is -0.384 e. The molecule has 0 saturated carbocycles. The topological polar surface area (TPSA) is 76.4 Å². The molecule has 2 rings (SSSR count). The van der Waals surface area contributed by atoms with Gasteiger partial charge in [-0.2, -0.15) is 0 Å². The Hall–Kier alpha value is -1.11. The van der Waals surface area contributed by atoms with Gasteiger partial charge in [-0.15, -0.1) is 12.4 Å². The number of nitrogens with one attached hydrogen (secondary N) is 2. The Labute approximate surface area is 125 Å². The third-order valence-corrected chi connectivity index (χ3v) is 3.60. The standard InChI is InChI=1S/C13H21N3O3.ClH/c1-10-7-11(16-19-10)12(17)15-8-13(9-18-2)3-5-14-6-4-13;/h7,14H,3-6,8-9H2,1-2H3,(H,15,17);1H. The highest BCUT2D eigenvalue weighted by Crippen LogP contribution is 2.28. The Kier molecular flexibility index (Phi) is 6.45. The zero-order valence-corrected chi connectivity index (χ0v) is 12.7. The van der Waals surface area contributed by atoms with Crippen LogP contribution in [0, 0.1) is 12.3 Å². The first kappa shape index (κ1) is 16.9. The number of aromatic nitrogens is 1. The van der Waals surface area contributed by atoms with Crippen LogP contribution < -0.4 is 10.6 Å². The number of rotatable bonds is 5. The van der Waals surface area contributed by atoms with E-state index in [0.717, 1.165) is 25.9 Å². The third kappa shape index (κ3) is 4.19. The van der Waals surface area contributed by atoms with Crippen LogP contribution in [0.4, 0.5) is 0 Å². The van der Waals surface area contributed by atoms with E-state index in [-0.39, 0.29) is 23.7 Å². The molecule has 1 amide bonds. The number of carbonyl (C=O) groups excluding carboxylic acids is 1. The summed E-state index contributed by atoms with van der Waals surface area (Å²) in [5.74, 6) is 0.449. The number of methoxy groups -OCH3 is 1. The molecule has 2 heterocycles. The van der Waals surface area contributed by atoms with Crippen molar-refractivity contribution in [3.63, 3.8) is 0 Å². The average Bonchev–Trinajstić information content (AvgIpc) is 2.84. The average molecular weight is 304 g/mol. The number of hydrogen-bond donors (Lipinski definition) is 2. The first-order chi connectivity index (χ1) is 9.15. The molecule has 0 aromatic carbocycles. The number of hydrogen-bond acceptors (Lipinski definition) is 5. The van der Waals surface area contributed by atoms with Crippen molar-refractivity contribution in [1.29, 1.82) is 0 Å². The van der Waals surface area contributed by atoms with Gasteiger partial charge >= 0.3 is 0 Å². The summed E-state index contributed by atoms with van der Waals surface area (Å²) in [4.78, 5) is 12.0. The molecule has 20 heavy (non-hydrogen) atoms. The van der Waals surface area contributed by atoms with Gasteiger partial charge in [0.05, 0.1) is 6.61 Å². The molecule has 0 unspecified atom stereocenters. The van der Waals surface area contributed by atoms with E-state index in [0.29, 0.717) is 24.6 Å². The molecule has 1 aromatic rings. The number of amides is 1. The molecule has 1 fully saturated rings. The van der Waals surface area contributed by atoms with Crippen molar-refractivity contribution < 1.29 is 14.1 Å². The van der Waals surface area contributed by atoms with Crippen molar-refractivity contribution in [3.05, 3.63) is 17.5 Å². The fourth-order valence-electron chi connectivity index (χ4n) is 2.47. The van der Waals surface area contributed by atoms with Gasteiger partial charge in [-0.05, 0) is 32.9 Å². The minimum absolute atomic E-state index is 0.